The maximum absolute atomic E-state index is 11.5. The van der Waals surface area contributed by atoms with Crippen LogP contribution >= 0.6 is 0 Å². The summed E-state index contributed by atoms with van der Waals surface area (Å²) in [4.78, 5) is 11.5. The zero-order valence-corrected chi connectivity index (χ0v) is 11.2. The van der Waals surface area contributed by atoms with Gasteiger partial charge < -0.3 is 14.2 Å². The van der Waals surface area contributed by atoms with Crippen LogP contribution in [0, 0.1) is 0 Å². The van der Waals surface area contributed by atoms with E-state index >= 15 is 0 Å². The predicted octanol–water partition coefficient (Wildman–Crippen LogP) is 2.44. The number of ether oxygens (including phenoxy) is 3. The van der Waals surface area contributed by atoms with Crippen molar-refractivity contribution in [1.29, 1.82) is 0 Å². The number of carbonyl (C=O) groups is 1. The average molecular weight is 262 g/mol. The molecule has 1 aliphatic heterocycles. The van der Waals surface area contributed by atoms with E-state index in [1.165, 1.54) is 7.11 Å². The quantitative estimate of drug-likeness (QED) is 0.782. The molecule has 0 aromatic heterocycles. The van der Waals surface area contributed by atoms with Crippen molar-refractivity contribution < 1.29 is 19.0 Å². The Balaban J connectivity index is 1.88. The predicted molar refractivity (Wildman–Crippen MR) is 70.3 cm³/mol. The van der Waals surface area contributed by atoms with Crippen LogP contribution in [-0.2, 0) is 25.6 Å². The van der Waals surface area contributed by atoms with Crippen LogP contribution in [0.3, 0.4) is 0 Å². The third kappa shape index (κ3) is 3.66. The maximum atomic E-state index is 11.5. The third-order valence-corrected chi connectivity index (χ3v) is 3.02. The molecule has 0 saturated heterocycles. The molecule has 1 aliphatic rings. The van der Waals surface area contributed by atoms with Gasteiger partial charge in [0.15, 0.2) is 6.29 Å². The van der Waals surface area contributed by atoms with Crippen molar-refractivity contribution in [2.75, 3.05) is 7.11 Å². The van der Waals surface area contributed by atoms with Crippen LogP contribution in [0.25, 0.3) is 0 Å². The molecule has 0 N–H and O–H groups in total. The SMILES string of the molecule is COC(=O)C1=CC[C@H](OCc2ccccc2)O[C@H]1C. The number of hydrogen-bond donors (Lipinski definition) is 0. The van der Waals surface area contributed by atoms with E-state index in [0.29, 0.717) is 18.6 Å². The Morgan fingerprint density at radius 2 is 2.11 bits per heavy atom. The van der Waals surface area contributed by atoms with E-state index in [-0.39, 0.29) is 18.4 Å². The lowest BCUT2D eigenvalue weighted by Crippen LogP contribution is -2.31. The molecule has 0 amide bonds. The van der Waals surface area contributed by atoms with Gasteiger partial charge in [-0.2, -0.15) is 0 Å². The van der Waals surface area contributed by atoms with Crippen LogP contribution < -0.4 is 0 Å². The molecular formula is C15H18O4. The molecule has 0 fully saturated rings. The van der Waals surface area contributed by atoms with E-state index in [1.54, 1.807) is 0 Å². The Morgan fingerprint density at radius 1 is 1.37 bits per heavy atom. The summed E-state index contributed by atoms with van der Waals surface area (Å²) in [5.41, 5.74) is 1.66. The molecule has 0 bridgehead atoms. The molecule has 0 radical (unpaired) electrons. The third-order valence-electron chi connectivity index (χ3n) is 3.02. The summed E-state index contributed by atoms with van der Waals surface area (Å²) < 4.78 is 16.0. The van der Waals surface area contributed by atoms with E-state index in [0.717, 1.165) is 5.56 Å². The van der Waals surface area contributed by atoms with Gasteiger partial charge in [-0.25, -0.2) is 4.79 Å². The second-order valence-electron chi connectivity index (χ2n) is 4.39. The lowest BCUT2D eigenvalue weighted by Gasteiger charge is -2.27. The summed E-state index contributed by atoms with van der Waals surface area (Å²) in [5.74, 6) is -0.339. The van der Waals surface area contributed by atoms with Crippen molar-refractivity contribution >= 4 is 5.97 Å². The van der Waals surface area contributed by atoms with Crippen LogP contribution in [0.4, 0.5) is 0 Å². The van der Waals surface area contributed by atoms with Crippen LogP contribution in [0.2, 0.25) is 0 Å². The van der Waals surface area contributed by atoms with Gasteiger partial charge in [0.05, 0.1) is 25.4 Å². The molecule has 0 aliphatic carbocycles. The first-order valence-electron chi connectivity index (χ1n) is 6.30. The van der Waals surface area contributed by atoms with Gasteiger partial charge in [0.2, 0.25) is 0 Å². The van der Waals surface area contributed by atoms with Gasteiger partial charge in [-0.15, -0.1) is 0 Å². The second-order valence-corrected chi connectivity index (χ2v) is 4.39. The number of benzene rings is 1. The lowest BCUT2D eigenvalue weighted by molar-refractivity contribution is -0.173. The van der Waals surface area contributed by atoms with Crippen LogP contribution in [-0.4, -0.2) is 25.5 Å². The first-order valence-corrected chi connectivity index (χ1v) is 6.30. The first kappa shape index (κ1) is 13.8. The highest BCUT2D eigenvalue weighted by Crippen LogP contribution is 2.21. The van der Waals surface area contributed by atoms with Gasteiger partial charge in [-0.05, 0) is 12.5 Å². The average Bonchev–Trinajstić information content (AvgIpc) is 2.45. The number of carbonyl (C=O) groups excluding carboxylic acids is 1. The number of methoxy groups -OCH3 is 1. The Labute approximate surface area is 113 Å². The van der Waals surface area contributed by atoms with Crippen molar-refractivity contribution in [3.8, 4) is 0 Å². The van der Waals surface area contributed by atoms with Crippen molar-refractivity contribution in [2.45, 2.75) is 32.3 Å². The molecule has 4 nitrogen and oxygen atoms in total. The molecular weight excluding hydrogens is 244 g/mol. The lowest BCUT2D eigenvalue weighted by atomic mass is 10.1. The standard InChI is InChI=1S/C15H18O4/c1-11-13(15(16)17-2)8-9-14(19-11)18-10-12-6-4-3-5-7-12/h3-8,11,14H,9-10H2,1-2H3/t11-,14+/m0/s1. The fourth-order valence-corrected chi connectivity index (χ4v) is 1.98. The Bertz CT molecular complexity index is 452. The zero-order chi connectivity index (χ0) is 13.7. The monoisotopic (exact) mass is 262 g/mol. The summed E-state index contributed by atoms with van der Waals surface area (Å²) in [6, 6.07) is 9.91. The van der Waals surface area contributed by atoms with Crippen LogP contribution in [0.15, 0.2) is 42.0 Å². The smallest absolute Gasteiger partial charge is 0.336 e. The van der Waals surface area contributed by atoms with Gasteiger partial charge in [0.1, 0.15) is 0 Å². The Kier molecular flexibility index (Phi) is 4.71. The van der Waals surface area contributed by atoms with Gasteiger partial charge in [0, 0.05) is 6.42 Å². The molecule has 2 atom stereocenters. The molecule has 1 aromatic rings. The van der Waals surface area contributed by atoms with E-state index in [9.17, 15) is 4.79 Å². The first-order chi connectivity index (χ1) is 9.20. The minimum Gasteiger partial charge on any atom is -0.466 e. The molecule has 1 heterocycles. The summed E-state index contributed by atoms with van der Waals surface area (Å²) in [5, 5.41) is 0. The molecule has 19 heavy (non-hydrogen) atoms. The topological polar surface area (TPSA) is 44.8 Å². The zero-order valence-electron chi connectivity index (χ0n) is 11.2. The maximum Gasteiger partial charge on any atom is 0.336 e. The van der Waals surface area contributed by atoms with Crippen molar-refractivity contribution in [3.05, 3.63) is 47.5 Å². The fourth-order valence-electron chi connectivity index (χ4n) is 1.98. The largest absolute Gasteiger partial charge is 0.466 e. The normalized spacial score (nSPS) is 22.7. The van der Waals surface area contributed by atoms with Gasteiger partial charge >= 0.3 is 5.97 Å². The summed E-state index contributed by atoms with van der Waals surface area (Å²) in [6.07, 6.45) is 1.77. The molecule has 2 rings (SSSR count). The molecule has 1 aromatic carbocycles. The molecule has 0 spiro atoms. The highest BCUT2D eigenvalue weighted by Gasteiger charge is 2.26. The highest BCUT2D eigenvalue weighted by atomic mass is 16.7. The molecule has 102 valence electrons. The van der Waals surface area contributed by atoms with Gasteiger partial charge in [0.25, 0.3) is 0 Å². The molecule has 4 heteroatoms. The second kappa shape index (κ2) is 6.50. The highest BCUT2D eigenvalue weighted by molar-refractivity contribution is 5.89. The Hall–Kier alpha value is -1.65. The van der Waals surface area contributed by atoms with E-state index in [1.807, 2.05) is 43.3 Å². The minimum absolute atomic E-state index is 0.304. The number of esters is 1. The van der Waals surface area contributed by atoms with E-state index < -0.39 is 0 Å². The van der Waals surface area contributed by atoms with Crippen LogP contribution in [0.5, 0.6) is 0 Å². The minimum atomic E-state index is -0.339. The Morgan fingerprint density at radius 3 is 2.74 bits per heavy atom. The van der Waals surface area contributed by atoms with Crippen molar-refractivity contribution in [1.82, 2.24) is 0 Å². The number of hydrogen-bond acceptors (Lipinski definition) is 4. The number of rotatable bonds is 4. The van der Waals surface area contributed by atoms with Gasteiger partial charge in [-0.1, -0.05) is 36.4 Å². The van der Waals surface area contributed by atoms with Crippen molar-refractivity contribution in [3.63, 3.8) is 0 Å². The van der Waals surface area contributed by atoms with E-state index in [2.05, 4.69) is 0 Å². The molecule has 0 unspecified atom stereocenters. The van der Waals surface area contributed by atoms with Crippen molar-refractivity contribution in [2.24, 2.45) is 0 Å². The summed E-state index contributed by atoms with van der Waals surface area (Å²) in [7, 11) is 1.37. The fraction of sp³-hybridized carbons (Fsp3) is 0.400. The van der Waals surface area contributed by atoms with E-state index in [4.69, 9.17) is 14.2 Å². The van der Waals surface area contributed by atoms with Crippen LogP contribution in [0.1, 0.15) is 18.9 Å². The van der Waals surface area contributed by atoms with Gasteiger partial charge in [-0.3, -0.25) is 0 Å². The summed E-state index contributed by atoms with van der Waals surface area (Å²) in [6.45, 7) is 2.32. The molecule has 0 saturated carbocycles. The summed E-state index contributed by atoms with van der Waals surface area (Å²) >= 11 is 0.